The number of amides is 2. The van der Waals surface area contributed by atoms with Crippen LogP contribution in [0.15, 0.2) is 0 Å². The van der Waals surface area contributed by atoms with E-state index in [-0.39, 0.29) is 13.2 Å². The molecule has 0 radical (unpaired) electrons. The van der Waals surface area contributed by atoms with Crippen LogP contribution in [0.4, 0.5) is 4.79 Å². The van der Waals surface area contributed by atoms with Gasteiger partial charge in [0.25, 0.3) is 0 Å². The van der Waals surface area contributed by atoms with Crippen LogP contribution in [0, 0.1) is 0 Å². The summed E-state index contributed by atoms with van der Waals surface area (Å²) in [5.74, 6) is -1.59. The summed E-state index contributed by atoms with van der Waals surface area (Å²) in [5, 5.41) is 13.9. The molecular formula is C11H18N2O5. The fourth-order valence-electron chi connectivity index (χ4n) is 2.00. The molecule has 0 saturated heterocycles. The van der Waals surface area contributed by atoms with E-state index in [9.17, 15) is 14.4 Å². The normalized spacial score (nSPS) is 16.9. The standard InChI is InChI=1S/C11H18N2O5/c1-2-18-8(14)7-12-10(17)13-11(9(15)16)5-3-4-6-11/h2-7H2,1H3,(H,15,16)(H2,12,13,17). The van der Waals surface area contributed by atoms with Crippen LogP contribution in [0.2, 0.25) is 0 Å². The number of ether oxygens (including phenoxy) is 1. The minimum atomic E-state index is -1.20. The molecule has 0 aromatic carbocycles. The number of nitrogens with one attached hydrogen (secondary N) is 2. The predicted molar refractivity (Wildman–Crippen MR) is 62.0 cm³/mol. The van der Waals surface area contributed by atoms with Crippen molar-refractivity contribution in [3.05, 3.63) is 0 Å². The number of carbonyl (C=O) groups excluding carboxylic acids is 2. The molecule has 0 bridgehead atoms. The maximum Gasteiger partial charge on any atom is 0.329 e. The number of urea groups is 1. The first-order chi connectivity index (χ1) is 8.50. The molecule has 0 aromatic rings. The van der Waals surface area contributed by atoms with E-state index in [1.807, 2.05) is 0 Å². The molecule has 2 amide bonds. The van der Waals surface area contributed by atoms with E-state index in [2.05, 4.69) is 15.4 Å². The van der Waals surface area contributed by atoms with Crippen LogP contribution in [-0.2, 0) is 14.3 Å². The lowest BCUT2D eigenvalue weighted by Crippen LogP contribution is -2.56. The number of hydrogen-bond acceptors (Lipinski definition) is 4. The van der Waals surface area contributed by atoms with Crippen LogP contribution in [0.1, 0.15) is 32.6 Å². The van der Waals surface area contributed by atoms with E-state index in [4.69, 9.17) is 5.11 Å². The first kappa shape index (κ1) is 14.3. The molecule has 1 saturated carbocycles. The summed E-state index contributed by atoms with van der Waals surface area (Å²) in [4.78, 5) is 33.7. The lowest BCUT2D eigenvalue weighted by atomic mass is 9.98. The summed E-state index contributed by atoms with van der Waals surface area (Å²) in [6, 6.07) is -0.660. The van der Waals surface area contributed by atoms with Crippen LogP contribution in [0.5, 0.6) is 0 Å². The Morgan fingerprint density at radius 1 is 1.28 bits per heavy atom. The van der Waals surface area contributed by atoms with Crippen molar-refractivity contribution >= 4 is 18.0 Å². The van der Waals surface area contributed by atoms with E-state index in [0.717, 1.165) is 12.8 Å². The van der Waals surface area contributed by atoms with Crippen LogP contribution < -0.4 is 10.6 Å². The molecule has 0 unspecified atom stereocenters. The average Bonchev–Trinajstić information content (AvgIpc) is 2.77. The Labute approximate surface area is 105 Å². The Bertz CT molecular complexity index is 336. The maximum atomic E-state index is 11.5. The molecule has 0 aliphatic heterocycles. The number of carbonyl (C=O) groups is 3. The molecule has 1 fully saturated rings. The van der Waals surface area contributed by atoms with Crippen LogP contribution >= 0.6 is 0 Å². The van der Waals surface area contributed by atoms with E-state index in [0.29, 0.717) is 12.8 Å². The predicted octanol–water partition coefficient (Wildman–Crippen LogP) is 0.246. The number of esters is 1. The van der Waals surface area contributed by atoms with Crippen molar-refractivity contribution in [2.24, 2.45) is 0 Å². The Morgan fingerprint density at radius 3 is 2.39 bits per heavy atom. The molecule has 1 rings (SSSR count). The Balaban J connectivity index is 2.43. The van der Waals surface area contributed by atoms with Gasteiger partial charge in [-0.15, -0.1) is 0 Å². The maximum absolute atomic E-state index is 11.5. The molecule has 0 spiro atoms. The molecule has 1 aliphatic rings. The molecule has 0 atom stereocenters. The summed E-state index contributed by atoms with van der Waals surface area (Å²) in [6.07, 6.45) is 2.36. The minimum absolute atomic E-state index is 0.237. The van der Waals surface area contributed by atoms with E-state index in [1.54, 1.807) is 6.92 Å². The van der Waals surface area contributed by atoms with Gasteiger partial charge in [0.2, 0.25) is 0 Å². The fourth-order valence-corrected chi connectivity index (χ4v) is 2.00. The number of hydrogen-bond donors (Lipinski definition) is 3. The highest BCUT2D eigenvalue weighted by Crippen LogP contribution is 2.29. The number of rotatable bonds is 5. The van der Waals surface area contributed by atoms with E-state index in [1.165, 1.54) is 0 Å². The molecule has 7 nitrogen and oxygen atoms in total. The van der Waals surface area contributed by atoms with E-state index < -0.39 is 23.5 Å². The third-order valence-corrected chi connectivity index (χ3v) is 2.92. The van der Waals surface area contributed by atoms with Gasteiger partial charge in [-0.1, -0.05) is 12.8 Å². The van der Waals surface area contributed by atoms with Gasteiger partial charge < -0.3 is 20.5 Å². The van der Waals surface area contributed by atoms with Gasteiger partial charge in [-0.2, -0.15) is 0 Å². The summed E-state index contributed by atoms with van der Waals surface area (Å²) in [7, 11) is 0. The number of carboxylic acids is 1. The molecule has 0 aromatic heterocycles. The highest BCUT2D eigenvalue weighted by Gasteiger charge is 2.42. The molecular weight excluding hydrogens is 240 g/mol. The monoisotopic (exact) mass is 258 g/mol. The van der Waals surface area contributed by atoms with Gasteiger partial charge >= 0.3 is 18.0 Å². The van der Waals surface area contributed by atoms with Crippen molar-refractivity contribution in [2.45, 2.75) is 38.1 Å². The first-order valence-electron chi connectivity index (χ1n) is 5.95. The zero-order valence-corrected chi connectivity index (χ0v) is 10.3. The molecule has 0 heterocycles. The Hall–Kier alpha value is -1.79. The second-order valence-corrected chi connectivity index (χ2v) is 4.21. The second-order valence-electron chi connectivity index (χ2n) is 4.21. The van der Waals surface area contributed by atoms with Crippen LogP contribution in [-0.4, -0.2) is 41.8 Å². The third-order valence-electron chi connectivity index (χ3n) is 2.92. The van der Waals surface area contributed by atoms with Gasteiger partial charge in [-0.05, 0) is 19.8 Å². The zero-order valence-electron chi connectivity index (χ0n) is 10.3. The Kier molecular flexibility index (Phi) is 4.94. The van der Waals surface area contributed by atoms with Gasteiger partial charge in [0.05, 0.1) is 6.61 Å². The topological polar surface area (TPSA) is 105 Å². The number of aliphatic carboxylic acids is 1. The van der Waals surface area contributed by atoms with Crippen molar-refractivity contribution in [3.63, 3.8) is 0 Å². The van der Waals surface area contributed by atoms with Gasteiger partial charge in [0.1, 0.15) is 12.1 Å². The van der Waals surface area contributed by atoms with Crippen LogP contribution in [0.25, 0.3) is 0 Å². The largest absolute Gasteiger partial charge is 0.480 e. The molecule has 1 aliphatic carbocycles. The fraction of sp³-hybridized carbons (Fsp3) is 0.727. The zero-order chi connectivity index (χ0) is 13.6. The van der Waals surface area contributed by atoms with Gasteiger partial charge in [0, 0.05) is 0 Å². The molecule has 7 heteroatoms. The van der Waals surface area contributed by atoms with Gasteiger partial charge in [-0.3, -0.25) is 4.79 Å². The SMILES string of the molecule is CCOC(=O)CNC(=O)NC1(C(=O)O)CCCC1. The number of carboxylic acid groups (broad SMARTS) is 1. The van der Waals surface area contributed by atoms with Crippen molar-refractivity contribution in [1.29, 1.82) is 0 Å². The van der Waals surface area contributed by atoms with Crippen molar-refractivity contribution in [3.8, 4) is 0 Å². The highest BCUT2D eigenvalue weighted by atomic mass is 16.5. The average molecular weight is 258 g/mol. The Morgan fingerprint density at radius 2 is 1.89 bits per heavy atom. The highest BCUT2D eigenvalue weighted by molar-refractivity contribution is 5.88. The lowest BCUT2D eigenvalue weighted by molar-refractivity contribution is -0.144. The minimum Gasteiger partial charge on any atom is -0.480 e. The van der Waals surface area contributed by atoms with Crippen molar-refractivity contribution < 1.29 is 24.2 Å². The molecule has 18 heavy (non-hydrogen) atoms. The smallest absolute Gasteiger partial charge is 0.329 e. The summed E-state index contributed by atoms with van der Waals surface area (Å²) >= 11 is 0. The lowest BCUT2D eigenvalue weighted by Gasteiger charge is -2.25. The van der Waals surface area contributed by atoms with Crippen LogP contribution in [0.3, 0.4) is 0 Å². The molecule has 3 N–H and O–H groups in total. The molecule has 102 valence electrons. The van der Waals surface area contributed by atoms with Gasteiger partial charge in [0.15, 0.2) is 0 Å². The summed E-state index contributed by atoms with van der Waals surface area (Å²) in [5.41, 5.74) is -1.20. The third kappa shape index (κ3) is 3.61. The van der Waals surface area contributed by atoms with E-state index >= 15 is 0 Å². The van der Waals surface area contributed by atoms with Gasteiger partial charge in [-0.25, -0.2) is 9.59 Å². The van der Waals surface area contributed by atoms with Crippen molar-refractivity contribution in [1.82, 2.24) is 10.6 Å². The quantitative estimate of drug-likeness (QED) is 0.613. The van der Waals surface area contributed by atoms with Crippen molar-refractivity contribution in [2.75, 3.05) is 13.2 Å². The summed E-state index contributed by atoms with van der Waals surface area (Å²) in [6.45, 7) is 1.63. The second kappa shape index (κ2) is 6.23. The summed E-state index contributed by atoms with van der Waals surface area (Å²) < 4.78 is 4.64. The first-order valence-corrected chi connectivity index (χ1v) is 5.95.